The van der Waals surface area contributed by atoms with Gasteiger partial charge in [-0.25, -0.2) is 0 Å². The average Bonchev–Trinajstić information content (AvgIpc) is 3.10. The molecule has 3 aromatic carbocycles. The fourth-order valence-electron chi connectivity index (χ4n) is 3.75. The lowest BCUT2D eigenvalue weighted by molar-refractivity contribution is -0.132. The van der Waals surface area contributed by atoms with E-state index < -0.39 is 17.7 Å². The minimum absolute atomic E-state index is 0.0126. The first-order chi connectivity index (χ1) is 15.5. The highest BCUT2D eigenvalue weighted by atomic mass is 35.5. The van der Waals surface area contributed by atoms with E-state index in [2.05, 4.69) is 0 Å². The summed E-state index contributed by atoms with van der Waals surface area (Å²) in [6, 6.07) is 19.8. The number of halogens is 1. The second-order valence-corrected chi connectivity index (χ2v) is 7.53. The Labute approximate surface area is 190 Å². The van der Waals surface area contributed by atoms with Crippen molar-refractivity contribution in [1.82, 2.24) is 0 Å². The number of rotatable bonds is 5. The number of benzene rings is 3. The number of aliphatic hydroxyl groups excluding tert-OH is 1. The molecule has 32 heavy (non-hydrogen) atoms. The van der Waals surface area contributed by atoms with Crippen LogP contribution in [0.15, 0.2) is 78.4 Å². The maximum atomic E-state index is 13.1. The summed E-state index contributed by atoms with van der Waals surface area (Å²) in [5, 5.41) is 11.5. The van der Waals surface area contributed by atoms with E-state index in [1.54, 1.807) is 43.5 Å². The van der Waals surface area contributed by atoms with E-state index in [0.29, 0.717) is 33.3 Å². The molecule has 1 amide bonds. The molecule has 3 aromatic rings. The van der Waals surface area contributed by atoms with Gasteiger partial charge in [-0.2, -0.15) is 0 Å². The number of ether oxygens (including phenoxy) is 2. The summed E-state index contributed by atoms with van der Waals surface area (Å²) in [5.41, 5.74) is 1.50. The predicted molar refractivity (Wildman–Crippen MR) is 122 cm³/mol. The number of hydrogen-bond acceptors (Lipinski definition) is 5. The van der Waals surface area contributed by atoms with Gasteiger partial charge in [0.2, 0.25) is 0 Å². The number of carbonyl (C=O) groups excluding carboxylic acids is 2. The van der Waals surface area contributed by atoms with Gasteiger partial charge in [-0.15, -0.1) is 0 Å². The molecule has 1 saturated heterocycles. The Morgan fingerprint density at radius 1 is 0.938 bits per heavy atom. The molecule has 4 rings (SSSR count). The topological polar surface area (TPSA) is 76.1 Å². The zero-order valence-electron chi connectivity index (χ0n) is 17.4. The van der Waals surface area contributed by atoms with Crippen LogP contribution in [0.1, 0.15) is 17.2 Å². The van der Waals surface area contributed by atoms with Gasteiger partial charge in [0.05, 0.1) is 30.9 Å². The molecule has 0 aliphatic carbocycles. The van der Waals surface area contributed by atoms with Crippen LogP contribution in [-0.2, 0) is 9.59 Å². The Morgan fingerprint density at radius 3 is 2.25 bits per heavy atom. The van der Waals surface area contributed by atoms with E-state index in [1.165, 1.54) is 18.1 Å². The third kappa shape index (κ3) is 3.69. The van der Waals surface area contributed by atoms with Crippen LogP contribution in [0.2, 0.25) is 5.02 Å². The lowest BCUT2D eigenvalue weighted by Crippen LogP contribution is -2.29. The number of ketones is 1. The molecule has 7 heteroatoms. The number of anilines is 1. The van der Waals surface area contributed by atoms with Crippen molar-refractivity contribution >= 4 is 34.7 Å². The van der Waals surface area contributed by atoms with Gasteiger partial charge >= 0.3 is 0 Å². The summed E-state index contributed by atoms with van der Waals surface area (Å²) in [6.45, 7) is 0. The molecule has 162 valence electrons. The highest BCUT2D eigenvalue weighted by molar-refractivity contribution is 6.51. The molecule has 1 aliphatic rings. The van der Waals surface area contributed by atoms with Gasteiger partial charge in [0.15, 0.2) is 0 Å². The largest absolute Gasteiger partial charge is 0.507 e. The Bertz CT molecular complexity index is 1200. The van der Waals surface area contributed by atoms with Gasteiger partial charge in [0.1, 0.15) is 17.3 Å². The van der Waals surface area contributed by atoms with Crippen molar-refractivity contribution in [2.75, 3.05) is 19.1 Å². The number of aliphatic hydroxyl groups is 1. The molecule has 0 radical (unpaired) electrons. The van der Waals surface area contributed by atoms with Crippen LogP contribution in [0, 0.1) is 0 Å². The van der Waals surface area contributed by atoms with Gasteiger partial charge in [-0.3, -0.25) is 14.5 Å². The monoisotopic (exact) mass is 449 g/mol. The molecule has 1 aliphatic heterocycles. The van der Waals surface area contributed by atoms with E-state index in [9.17, 15) is 14.7 Å². The second-order valence-electron chi connectivity index (χ2n) is 7.13. The third-order valence-corrected chi connectivity index (χ3v) is 5.65. The molecule has 1 fully saturated rings. The Balaban J connectivity index is 1.91. The molecule has 1 atom stereocenters. The highest BCUT2D eigenvalue weighted by Gasteiger charge is 2.46. The maximum Gasteiger partial charge on any atom is 0.300 e. The zero-order chi connectivity index (χ0) is 22.8. The van der Waals surface area contributed by atoms with E-state index in [1.807, 2.05) is 30.3 Å². The number of methoxy groups -OCH3 is 2. The lowest BCUT2D eigenvalue weighted by atomic mass is 9.95. The lowest BCUT2D eigenvalue weighted by Gasteiger charge is -2.25. The van der Waals surface area contributed by atoms with E-state index in [4.69, 9.17) is 21.1 Å². The van der Waals surface area contributed by atoms with Crippen molar-refractivity contribution < 1.29 is 24.2 Å². The molecule has 0 bridgehead atoms. The van der Waals surface area contributed by atoms with Crippen LogP contribution in [0.4, 0.5) is 5.69 Å². The van der Waals surface area contributed by atoms with E-state index in [-0.39, 0.29) is 11.3 Å². The normalized spacial score (nSPS) is 17.5. The minimum Gasteiger partial charge on any atom is -0.507 e. The van der Waals surface area contributed by atoms with Gasteiger partial charge < -0.3 is 14.6 Å². The molecule has 1 N–H and O–H groups in total. The first-order valence-electron chi connectivity index (χ1n) is 9.80. The average molecular weight is 450 g/mol. The van der Waals surface area contributed by atoms with Gasteiger partial charge in [0, 0.05) is 11.3 Å². The summed E-state index contributed by atoms with van der Waals surface area (Å²) in [7, 11) is 3.00. The number of carbonyl (C=O) groups is 2. The van der Waals surface area contributed by atoms with Gasteiger partial charge in [-0.1, -0.05) is 41.9 Å². The van der Waals surface area contributed by atoms with Gasteiger partial charge in [0.25, 0.3) is 11.7 Å². The fourth-order valence-corrected chi connectivity index (χ4v) is 3.95. The van der Waals surface area contributed by atoms with Crippen LogP contribution in [0.25, 0.3) is 5.76 Å². The third-order valence-electron chi connectivity index (χ3n) is 5.33. The quantitative estimate of drug-likeness (QED) is 0.337. The fraction of sp³-hybridized carbons (Fsp3) is 0.120. The van der Waals surface area contributed by atoms with Crippen LogP contribution in [0.3, 0.4) is 0 Å². The maximum absolute atomic E-state index is 13.1. The van der Waals surface area contributed by atoms with Crippen molar-refractivity contribution in [2.24, 2.45) is 0 Å². The molecule has 0 saturated carbocycles. The summed E-state index contributed by atoms with van der Waals surface area (Å²) >= 11 is 6.10. The predicted octanol–water partition coefficient (Wildman–Crippen LogP) is 4.98. The molecule has 6 nitrogen and oxygen atoms in total. The number of amides is 1. The van der Waals surface area contributed by atoms with E-state index >= 15 is 0 Å². The highest BCUT2D eigenvalue weighted by Crippen LogP contribution is 2.43. The number of nitrogens with zero attached hydrogens (tertiary/aromatic N) is 1. The summed E-state index contributed by atoms with van der Waals surface area (Å²) in [6.07, 6.45) is 0. The summed E-state index contributed by atoms with van der Waals surface area (Å²) in [4.78, 5) is 27.6. The van der Waals surface area contributed by atoms with Crippen LogP contribution < -0.4 is 14.4 Å². The first-order valence-corrected chi connectivity index (χ1v) is 10.2. The Morgan fingerprint density at radius 2 is 1.62 bits per heavy atom. The Hall–Kier alpha value is -3.77. The molecule has 1 unspecified atom stereocenters. The second kappa shape index (κ2) is 8.77. The van der Waals surface area contributed by atoms with Gasteiger partial charge in [-0.05, 0) is 48.0 Å². The number of hydrogen-bond donors (Lipinski definition) is 1. The van der Waals surface area contributed by atoms with Crippen LogP contribution >= 0.6 is 11.6 Å². The first kappa shape index (κ1) is 21.5. The zero-order valence-corrected chi connectivity index (χ0v) is 18.2. The van der Waals surface area contributed by atoms with Crippen molar-refractivity contribution in [2.45, 2.75) is 6.04 Å². The molecular formula is C25H20ClNO5. The van der Waals surface area contributed by atoms with Crippen molar-refractivity contribution in [3.63, 3.8) is 0 Å². The standard InChI is InChI=1S/C25H20ClNO5/c1-31-18-11-9-17(10-12-18)27-22(15-6-4-3-5-7-15)21(24(29)25(27)30)23(28)16-8-13-19(26)20(14-16)32-2/h3-14,22,28H,1-2H3/b23-21-. The Kier molecular flexibility index (Phi) is 5.88. The van der Waals surface area contributed by atoms with Crippen molar-refractivity contribution in [3.8, 4) is 11.5 Å². The molecule has 1 heterocycles. The summed E-state index contributed by atoms with van der Waals surface area (Å²) in [5.74, 6) is -0.845. The molecular weight excluding hydrogens is 430 g/mol. The summed E-state index contributed by atoms with van der Waals surface area (Å²) < 4.78 is 10.4. The van der Waals surface area contributed by atoms with E-state index in [0.717, 1.165) is 0 Å². The minimum atomic E-state index is -0.814. The van der Waals surface area contributed by atoms with Crippen molar-refractivity contribution in [1.29, 1.82) is 0 Å². The van der Waals surface area contributed by atoms with Crippen molar-refractivity contribution in [3.05, 3.63) is 94.5 Å². The smallest absolute Gasteiger partial charge is 0.300 e. The SMILES string of the molecule is COc1ccc(N2C(=O)C(=O)/C(=C(\O)c3ccc(Cl)c(OC)c3)C2c2ccccc2)cc1. The van der Waals surface area contributed by atoms with Crippen LogP contribution in [0.5, 0.6) is 11.5 Å². The molecule has 0 spiro atoms. The number of Topliss-reactive ketones (excluding diaryl/α,β-unsaturated/α-hetero) is 1. The van der Waals surface area contributed by atoms with Crippen LogP contribution in [-0.4, -0.2) is 31.0 Å². The molecule has 0 aromatic heterocycles.